The molecule has 2 aliphatic rings. The second kappa shape index (κ2) is 8.88. The van der Waals surface area contributed by atoms with Gasteiger partial charge in [0, 0.05) is 13.1 Å². The van der Waals surface area contributed by atoms with E-state index in [4.69, 9.17) is 4.74 Å². The summed E-state index contributed by atoms with van der Waals surface area (Å²) in [5.74, 6) is 0.0766. The van der Waals surface area contributed by atoms with Crippen LogP contribution in [0.2, 0.25) is 0 Å². The maximum Gasteiger partial charge on any atom is 0.263 e. The summed E-state index contributed by atoms with van der Waals surface area (Å²) in [6.45, 7) is 5.31. The van der Waals surface area contributed by atoms with Gasteiger partial charge in [0.2, 0.25) is 10.0 Å². The van der Waals surface area contributed by atoms with Crippen molar-refractivity contribution in [3.05, 3.63) is 59.2 Å². The van der Waals surface area contributed by atoms with E-state index in [1.807, 2.05) is 31.2 Å². The van der Waals surface area contributed by atoms with Crippen LogP contribution in [-0.2, 0) is 27.9 Å². The number of amides is 1. The number of carbonyl (C=O) groups excluding carboxylic acids is 1. The van der Waals surface area contributed by atoms with E-state index in [-0.39, 0.29) is 12.5 Å². The molecule has 31 heavy (non-hydrogen) atoms. The summed E-state index contributed by atoms with van der Waals surface area (Å²) in [5, 5.41) is 2.94. The second-order valence-corrected chi connectivity index (χ2v) is 10.2. The summed E-state index contributed by atoms with van der Waals surface area (Å²) in [7, 11) is -3.54. The Balaban J connectivity index is 1.46. The Labute approximate surface area is 184 Å². The molecular weight excluding hydrogens is 414 g/mol. The number of hydrogen-bond acceptors (Lipinski definition) is 5. The molecule has 7 nitrogen and oxygen atoms in total. The number of nitrogens with zero attached hydrogens (tertiary/aromatic N) is 2. The van der Waals surface area contributed by atoms with Crippen molar-refractivity contribution in [2.45, 2.75) is 39.0 Å². The number of likely N-dealkylation sites (tertiary alicyclic amines) is 1. The standard InChI is InChI=1S/C23H29N3O4S/c1-17-9-10-21-20(13-17)26(31(2,28)29)16-22(30-21)23(27)24-14-18-7-3-4-8-19(18)15-25-11-5-6-12-25/h3-4,7-10,13,22H,5-6,11-12,14-16H2,1-2H3,(H,24,27)/t22-/m0/s1. The number of rotatable bonds is 6. The maximum atomic E-state index is 12.9. The fourth-order valence-electron chi connectivity index (χ4n) is 4.17. The van der Waals surface area contributed by atoms with Gasteiger partial charge >= 0.3 is 0 Å². The monoisotopic (exact) mass is 443 g/mol. The molecule has 1 atom stereocenters. The van der Waals surface area contributed by atoms with Gasteiger partial charge in [0.15, 0.2) is 6.10 Å². The third kappa shape index (κ3) is 5.02. The minimum absolute atomic E-state index is 0.0451. The van der Waals surface area contributed by atoms with Crippen LogP contribution in [0.5, 0.6) is 5.75 Å². The largest absolute Gasteiger partial charge is 0.476 e. The highest BCUT2D eigenvalue weighted by Gasteiger charge is 2.35. The molecule has 166 valence electrons. The molecule has 2 aliphatic heterocycles. The van der Waals surface area contributed by atoms with Gasteiger partial charge in [0.05, 0.1) is 18.5 Å². The zero-order valence-corrected chi connectivity index (χ0v) is 18.8. The van der Waals surface area contributed by atoms with Gasteiger partial charge in [-0.15, -0.1) is 0 Å². The predicted molar refractivity (Wildman–Crippen MR) is 121 cm³/mol. The van der Waals surface area contributed by atoms with Gasteiger partial charge in [-0.2, -0.15) is 0 Å². The molecule has 0 aliphatic carbocycles. The fourth-order valence-corrected chi connectivity index (χ4v) is 5.08. The Kier molecular flexibility index (Phi) is 6.20. The van der Waals surface area contributed by atoms with E-state index < -0.39 is 16.1 Å². The van der Waals surface area contributed by atoms with Crippen LogP contribution in [0, 0.1) is 6.92 Å². The van der Waals surface area contributed by atoms with Crippen LogP contribution in [0.25, 0.3) is 0 Å². The first kappa shape index (κ1) is 21.6. The van der Waals surface area contributed by atoms with E-state index in [0.29, 0.717) is 18.0 Å². The maximum absolute atomic E-state index is 12.9. The van der Waals surface area contributed by atoms with E-state index in [2.05, 4.69) is 16.3 Å². The van der Waals surface area contributed by atoms with E-state index >= 15 is 0 Å². The number of benzene rings is 2. The first-order valence-electron chi connectivity index (χ1n) is 10.6. The van der Waals surface area contributed by atoms with Crippen molar-refractivity contribution in [2.75, 3.05) is 30.2 Å². The number of aryl methyl sites for hydroxylation is 1. The minimum Gasteiger partial charge on any atom is -0.476 e. The smallest absolute Gasteiger partial charge is 0.263 e. The highest BCUT2D eigenvalue weighted by molar-refractivity contribution is 7.92. The van der Waals surface area contributed by atoms with Gasteiger partial charge < -0.3 is 10.1 Å². The number of anilines is 1. The van der Waals surface area contributed by atoms with Crippen LogP contribution in [0.1, 0.15) is 29.5 Å². The number of hydrogen-bond donors (Lipinski definition) is 1. The topological polar surface area (TPSA) is 79.0 Å². The number of nitrogens with one attached hydrogen (secondary N) is 1. The van der Waals surface area contributed by atoms with Gasteiger partial charge in [-0.05, 0) is 61.7 Å². The molecule has 2 aromatic carbocycles. The molecule has 1 amide bonds. The molecule has 1 N–H and O–H groups in total. The number of fused-ring (bicyclic) bond motifs is 1. The molecule has 2 aromatic rings. The van der Waals surface area contributed by atoms with Crippen molar-refractivity contribution in [3.63, 3.8) is 0 Å². The van der Waals surface area contributed by atoms with Gasteiger partial charge in [-0.25, -0.2) is 8.42 Å². The molecule has 0 radical (unpaired) electrons. The predicted octanol–water partition coefficient (Wildman–Crippen LogP) is 2.43. The first-order valence-corrected chi connectivity index (χ1v) is 12.5. The van der Waals surface area contributed by atoms with Crippen LogP contribution in [-0.4, -0.2) is 51.2 Å². The van der Waals surface area contributed by atoms with E-state index in [0.717, 1.165) is 37.0 Å². The Morgan fingerprint density at radius 1 is 1.13 bits per heavy atom. The molecule has 0 bridgehead atoms. The summed E-state index contributed by atoms with van der Waals surface area (Å²) in [4.78, 5) is 15.3. The Bertz CT molecular complexity index is 1060. The Hall–Kier alpha value is -2.58. The SMILES string of the molecule is Cc1ccc2c(c1)N(S(C)(=O)=O)C[C@@H](C(=O)NCc1ccccc1CN1CCCC1)O2. The van der Waals surface area contributed by atoms with Crippen molar-refractivity contribution in [1.82, 2.24) is 10.2 Å². The summed E-state index contributed by atoms with van der Waals surface area (Å²) in [6.07, 6.45) is 2.70. The van der Waals surface area contributed by atoms with Crippen molar-refractivity contribution < 1.29 is 17.9 Å². The summed E-state index contributed by atoms with van der Waals surface area (Å²) >= 11 is 0. The third-order valence-corrected chi connectivity index (χ3v) is 6.99. The minimum atomic E-state index is -3.54. The molecule has 1 fully saturated rings. The van der Waals surface area contributed by atoms with Crippen molar-refractivity contribution in [3.8, 4) is 5.75 Å². The molecule has 1 saturated heterocycles. The molecule has 8 heteroatoms. The second-order valence-electron chi connectivity index (χ2n) is 8.34. The van der Waals surface area contributed by atoms with E-state index in [1.165, 1.54) is 22.7 Å². The van der Waals surface area contributed by atoms with Crippen LogP contribution in [0.15, 0.2) is 42.5 Å². The molecule has 0 aromatic heterocycles. The molecular formula is C23H29N3O4S. The summed E-state index contributed by atoms with van der Waals surface area (Å²) in [6, 6.07) is 13.4. The third-order valence-electron chi connectivity index (χ3n) is 5.84. The Morgan fingerprint density at radius 2 is 1.84 bits per heavy atom. The molecule has 0 saturated carbocycles. The highest BCUT2D eigenvalue weighted by atomic mass is 32.2. The van der Waals surface area contributed by atoms with Gasteiger partial charge in [0.1, 0.15) is 5.75 Å². The van der Waals surface area contributed by atoms with Crippen molar-refractivity contribution in [1.29, 1.82) is 0 Å². The lowest BCUT2D eigenvalue weighted by atomic mass is 10.1. The average Bonchev–Trinajstić information content (AvgIpc) is 3.24. The van der Waals surface area contributed by atoms with Crippen LogP contribution >= 0.6 is 0 Å². The molecule has 0 spiro atoms. The summed E-state index contributed by atoms with van der Waals surface area (Å²) in [5.41, 5.74) is 3.67. The van der Waals surface area contributed by atoms with Crippen LogP contribution < -0.4 is 14.4 Å². The lowest BCUT2D eigenvalue weighted by Gasteiger charge is -2.34. The zero-order valence-electron chi connectivity index (χ0n) is 18.0. The molecule has 4 rings (SSSR count). The molecule has 0 unspecified atom stereocenters. The quantitative estimate of drug-likeness (QED) is 0.742. The fraction of sp³-hybridized carbons (Fsp3) is 0.435. The number of ether oxygens (including phenoxy) is 1. The Morgan fingerprint density at radius 3 is 2.55 bits per heavy atom. The van der Waals surface area contributed by atoms with E-state index in [1.54, 1.807) is 12.1 Å². The summed E-state index contributed by atoms with van der Waals surface area (Å²) < 4.78 is 31.8. The number of carbonyl (C=O) groups is 1. The molecule has 2 heterocycles. The van der Waals surface area contributed by atoms with Crippen molar-refractivity contribution in [2.24, 2.45) is 0 Å². The number of sulfonamides is 1. The van der Waals surface area contributed by atoms with Crippen molar-refractivity contribution >= 4 is 21.6 Å². The normalized spacial score (nSPS) is 19.0. The first-order chi connectivity index (χ1) is 14.8. The van der Waals surface area contributed by atoms with E-state index in [9.17, 15) is 13.2 Å². The average molecular weight is 444 g/mol. The lowest BCUT2D eigenvalue weighted by Crippen LogP contribution is -2.50. The zero-order chi connectivity index (χ0) is 22.0. The van der Waals surface area contributed by atoms with Crippen LogP contribution in [0.3, 0.4) is 0 Å². The van der Waals surface area contributed by atoms with Crippen LogP contribution in [0.4, 0.5) is 5.69 Å². The van der Waals surface area contributed by atoms with Gasteiger partial charge in [-0.1, -0.05) is 30.3 Å². The lowest BCUT2D eigenvalue weighted by molar-refractivity contribution is -0.127. The van der Waals surface area contributed by atoms with Gasteiger partial charge in [0.25, 0.3) is 5.91 Å². The highest BCUT2D eigenvalue weighted by Crippen LogP contribution is 2.35. The van der Waals surface area contributed by atoms with Gasteiger partial charge in [-0.3, -0.25) is 14.0 Å².